The van der Waals surface area contributed by atoms with Crippen LogP contribution in [-0.4, -0.2) is 35.0 Å². The number of amides is 1. The topological polar surface area (TPSA) is 57.6 Å². The zero-order valence-corrected chi connectivity index (χ0v) is 11.8. The Morgan fingerprint density at radius 3 is 2.26 bits per heavy atom. The third-order valence-electron chi connectivity index (χ3n) is 3.40. The molecule has 1 aromatic rings. The average Bonchev–Trinajstić information content (AvgIpc) is 2.25. The van der Waals surface area contributed by atoms with Crippen molar-refractivity contribution in [2.24, 2.45) is 11.8 Å². The Hall–Kier alpha value is -1.26. The van der Waals surface area contributed by atoms with Crippen LogP contribution in [0.1, 0.15) is 17.3 Å². The molecule has 0 spiro atoms. The summed E-state index contributed by atoms with van der Waals surface area (Å²) in [5.74, 6) is -1.43. The maximum Gasteiger partial charge on any atom is 0.306 e. The standard InChI is InChI=1S/C13H13Cl2NO3/c1-7(13(18)19)9-5-16(6-9)12(17)8-2-10(14)4-11(15)3-8/h2-4,7,9H,5-6H2,1H3,(H,18,19). The van der Waals surface area contributed by atoms with Gasteiger partial charge in [-0.1, -0.05) is 30.1 Å². The van der Waals surface area contributed by atoms with Crippen LogP contribution in [0.25, 0.3) is 0 Å². The monoisotopic (exact) mass is 301 g/mol. The minimum Gasteiger partial charge on any atom is -0.481 e. The number of benzene rings is 1. The van der Waals surface area contributed by atoms with Gasteiger partial charge < -0.3 is 10.0 Å². The molecular formula is C13H13Cl2NO3. The molecule has 1 aliphatic heterocycles. The first kappa shape index (κ1) is 14.2. The first-order chi connectivity index (χ1) is 8.88. The van der Waals surface area contributed by atoms with Crippen LogP contribution in [0.5, 0.6) is 0 Å². The maximum atomic E-state index is 12.1. The molecule has 102 valence electrons. The van der Waals surface area contributed by atoms with E-state index in [0.29, 0.717) is 28.7 Å². The molecule has 6 heteroatoms. The zero-order valence-electron chi connectivity index (χ0n) is 10.3. The van der Waals surface area contributed by atoms with Crippen molar-refractivity contribution in [1.29, 1.82) is 0 Å². The molecule has 1 amide bonds. The minimum atomic E-state index is -0.831. The van der Waals surface area contributed by atoms with Crippen molar-refractivity contribution in [2.45, 2.75) is 6.92 Å². The van der Waals surface area contributed by atoms with Crippen LogP contribution >= 0.6 is 23.2 Å². The van der Waals surface area contributed by atoms with E-state index in [2.05, 4.69) is 0 Å². The van der Waals surface area contributed by atoms with Gasteiger partial charge in [0.05, 0.1) is 5.92 Å². The number of aliphatic carboxylic acids is 1. The Morgan fingerprint density at radius 2 is 1.79 bits per heavy atom. The van der Waals surface area contributed by atoms with Gasteiger partial charge in [0, 0.05) is 34.6 Å². The third kappa shape index (κ3) is 3.01. The summed E-state index contributed by atoms with van der Waals surface area (Å²) in [7, 11) is 0. The number of hydrogen-bond acceptors (Lipinski definition) is 2. The van der Waals surface area contributed by atoms with Crippen LogP contribution in [0.15, 0.2) is 18.2 Å². The van der Waals surface area contributed by atoms with Gasteiger partial charge in [0.25, 0.3) is 5.91 Å². The van der Waals surface area contributed by atoms with Crippen molar-refractivity contribution in [2.75, 3.05) is 13.1 Å². The van der Waals surface area contributed by atoms with Gasteiger partial charge in [0.2, 0.25) is 0 Å². The largest absolute Gasteiger partial charge is 0.481 e. The Labute approximate surface area is 120 Å². The fourth-order valence-corrected chi connectivity index (χ4v) is 2.58. The van der Waals surface area contributed by atoms with E-state index in [9.17, 15) is 9.59 Å². The molecule has 0 bridgehead atoms. The van der Waals surface area contributed by atoms with Crippen LogP contribution in [0, 0.1) is 11.8 Å². The number of carbonyl (C=O) groups is 2. The van der Waals surface area contributed by atoms with Crippen LogP contribution in [0.2, 0.25) is 10.0 Å². The van der Waals surface area contributed by atoms with Gasteiger partial charge in [0.15, 0.2) is 0 Å². The van der Waals surface area contributed by atoms with Crippen molar-refractivity contribution >= 4 is 35.1 Å². The van der Waals surface area contributed by atoms with Gasteiger partial charge in [-0.25, -0.2) is 0 Å². The summed E-state index contributed by atoms with van der Waals surface area (Å²) in [5, 5.41) is 9.71. The minimum absolute atomic E-state index is 0.0103. The highest BCUT2D eigenvalue weighted by atomic mass is 35.5. The fraction of sp³-hybridized carbons (Fsp3) is 0.385. The van der Waals surface area contributed by atoms with Gasteiger partial charge in [-0.3, -0.25) is 9.59 Å². The number of carbonyl (C=O) groups excluding carboxylic acids is 1. The van der Waals surface area contributed by atoms with Crippen molar-refractivity contribution in [3.8, 4) is 0 Å². The van der Waals surface area contributed by atoms with E-state index in [0.717, 1.165) is 0 Å². The van der Waals surface area contributed by atoms with E-state index in [1.165, 1.54) is 0 Å². The first-order valence-corrected chi connectivity index (χ1v) is 6.62. The van der Waals surface area contributed by atoms with Crippen LogP contribution in [-0.2, 0) is 4.79 Å². The molecule has 1 fully saturated rings. The number of carboxylic acids is 1. The summed E-state index contributed by atoms with van der Waals surface area (Å²) in [5.41, 5.74) is 0.430. The van der Waals surface area contributed by atoms with Crippen LogP contribution in [0.4, 0.5) is 0 Å². The number of halogens is 2. The molecule has 0 aliphatic carbocycles. The summed E-state index contributed by atoms with van der Waals surface area (Å²) in [6.45, 7) is 2.57. The highest BCUT2D eigenvalue weighted by Gasteiger charge is 2.37. The Balaban J connectivity index is 2.02. The lowest BCUT2D eigenvalue weighted by Crippen LogP contribution is -2.53. The molecule has 0 aromatic heterocycles. The van der Waals surface area contributed by atoms with Crippen LogP contribution in [0.3, 0.4) is 0 Å². The summed E-state index contributed by atoms with van der Waals surface area (Å²) in [4.78, 5) is 24.6. The smallest absolute Gasteiger partial charge is 0.306 e. The molecule has 1 N–H and O–H groups in total. The Kier molecular flexibility index (Phi) is 4.02. The Bertz CT molecular complexity index is 506. The lowest BCUT2D eigenvalue weighted by molar-refractivity contribution is -0.144. The number of nitrogens with zero attached hydrogens (tertiary/aromatic N) is 1. The van der Waals surface area contributed by atoms with Crippen molar-refractivity contribution in [1.82, 2.24) is 4.90 Å². The number of likely N-dealkylation sites (tertiary alicyclic amines) is 1. The summed E-state index contributed by atoms with van der Waals surface area (Å²) in [6.07, 6.45) is 0. The molecule has 19 heavy (non-hydrogen) atoms. The third-order valence-corrected chi connectivity index (χ3v) is 3.84. The van der Waals surface area contributed by atoms with Crippen molar-refractivity contribution in [3.05, 3.63) is 33.8 Å². The van der Waals surface area contributed by atoms with E-state index in [4.69, 9.17) is 28.3 Å². The van der Waals surface area contributed by atoms with Crippen molar-refractivity contribution in [3.63, 3.8) is 0 Å². The van der Waals surface area contributed by atoms with Crippen LogP contribution < -0.4 is 0 Å². The van der Waals surface area contributed by atoms with Gasteiger partial charge in [-0.15, -0.1) is 0 Å². The fourth-order valence-electron chi connectivity index (χ4n) is 2.06. The first-order valence-electron chi connectivity index (χ1n) is 5.86. The molecule has 1 unspecified atom stereocenters. The summed E-state index contributed by atoms with van der Waals surface area (Å²) >= 11 is 11.7. The SMILES string of the molecule is CC(C(=O)O)C1CN(C(=O)c2cc(Cl)cc(Cl)c2)C1. The molecule has 1 atom stereocenters. The second kappa shape index (κ2) is 5.39. The number of hydrogen-bond donors (Lipinski definition) is 1. The highest BCUT2D eigenvalue weighted by Crippen LogP contribution is 2.27. The predicted octanol–water partition coefficient (Wildman–Crippen LogP) is 2.79. The quantitative estimate of drug-likeness (QED) is 0.934. The molecule has 2 rings (SSSR count). The van der Waals surface area contributed by atoms with E-state index in [1.54, 1.807) is 30.0 Å². The van der Waals surface area contributed by atoms with Gasteiger partial charge in [-0.05, 0) is 18.2 Å². The lowest BCUT2D eigenvalue weighted by Gasteiger charge is -2.41. The van der Waals surface area contributed by atoms with E-state index in [1.807, 2.05) is 0 Å². The molecule has 1 aliphatic rings. The number of carboxylic acid groups (broad SMARTS) is 1. The van der Waals surface area contributed by atoms with E-state index >= 15 is 0 Å². The predicted molar refractivity (Wildman–Crippen MR) is 72.7 cm³/mol. The lowest BCUT2D eigenvalue weighted by atomic mass is 9.86. The van der Waals surface area contributed by atoms with Crippen molar-refractivity contribution < 1.29 is 14.7 Å². The molecule has 4 nitrogen and oxygen atoms in total. The average molecular weight is 302 g/mol. The van der Waals surface area contributed by atoms with Gasteiger partial charge in [-0.2, -0.15) is 0 Å². The highest BCUT2D eigenvalue weighted by molar-refractivity contribution is 6.35. The van der Waals surface area contributed by atoms with E-state index < -0.39 is 11.9 Å². The number of rotatable bonds is 3. The molecule has 1 heterocycles. The summed E-state index contributed by atoms with van der Waals surface area (Å²) < 4.78 is 0. The van der Waals surface area contributed by atoms with Gasteiger partial charge >= 0.3 is 5.97 Å². The zero-order chi connectivity index (χ0) is 14.2. The molecular weight excluding hydrogens is 289 g/mol. The van der Waals surface area contributed by atoms with Gasteiger partial charge in [0.1, 0.15) is 0 Å². The normalized spacial score (nSPS) is 16.9. The van der Waals surface area contributed by atoms with E-state index in [-0.39, 0.29) is 11.8 Å². The Morgan fingerprint density at radius 1 is 1.26 bits per heavy atom. The summed E-state index contributed by atoms with van der Waals surface area (Å²) in [6, 6.07) is 4.68. The molecule has 1 aromatic carbocycles. The second-order valence-electron chi connectivity index (χ2n) is 4.76. The second-order valence-corrected chi connectivity index (χ2v) is 5.63. The maximum absolute atomic E-state index is 12.1. The molecule has 0 radical (unpaired) electrons. The molecule has 0 saturated carbocycles. The molecule has 1 saturated heterocycles.